The number of hydrogen-bond donors (Lipinski definition) is 2. The maximum atomic E-state index is 13.0. The van der Waals surface area contributed by atoms with Gasteiger partial charge in [0.25, 0.3) is 11.8 Å². The van der Waals surface area contributed by atoms with Crippen molar-refractivity contribution < 1.29 is 23.5 Å². The zero-order valence-electron chi connectivity index (χ0n) is 15.0. The van der Waals surface area contributed by atoms with Gasteiger partial charge in [-0.15, -0.1) is 0 Å². The van der Waals surface area contributed by atoms with E-state index < -0.39 is 12.0 Å². The number of halogens is 2. The molecule has 2 N–H and O–H groups in total. The zero-order valence-corrected chi connectivity index (χ0v) is 15.0. The molecule has 2 amide bonds. The molecule has 2 aromatic rings. The molecule has 0 saturated heterocycles. The van der Waals surface area contributed by atoms with E-state index in [2.05, 4.69) is 10.4 Å². The number of fused-ring (bicyclic) bond motifs is 1. The largest absolute Gasteiger partial charge is 0.508 e. The molecule has 148 valence electrons. The summed E-state index contributed by atoms with van der Waals surface area (Å²) in [7, 11) is 0. The molecule has 2 heterocycles. The third-order valence-corrected chi connectivity index (χ3v) is 5.14. The molecule has 1 aromatic carbocycles. The van der Waals surface area contributed by atoms with Gasteiger partial charge in [-0.1, -0.05) is 6.07 Å². The number of alkyl halides is 2. The van der Waals surface area contributed by atoms with Crippen molar-refractivity contribution in [2.75, 3.05) is 6.54 Å². The third-order valence-electron chi connectivity index (χ3n) is 5.14. The second-order valence-electron chi connectivity index (χ2n) is 7.39. The van der Waals surface area contributed by atoms with Gasteiger partial charge in [-0.05, 0) is 24.3 Å². The summed E-state index contributed by atoms with van der Waals surface area (Å²) in [4.78, 5) is 26.7. The van der Waals surface area contributed by atoms with E-state index in [0.717, 1.165) is 5.69 Å². The minimum atomic E-state index is -2.69. The van der Waals surface area contributed by atoms with Crippen molar-refractivity contribution >= 4 is 11.8 Å². The van der Waals surface area contributed by atoms with Gasteiger partial charge in [-0.3, -0.25) is 14.3 Å². The molecule has 1 saturated carbocycles. The number of rotatable bonds is 4. The Kier molecular flexibility index (Phi) is 4.52. The molecule has 0 radical (unpaired) electrons. The van der Waals surface area contributed by atoms with Crippen LogP contribution in [-0.2, 0) is 11.3 Å². The highest BCUT2D eigenvalue weighted by molar-refractivity contribution is 5.94. The number of hydrogen-bond acceptors (Lipinski definition) is 4. The van der Waals surface area contributed by atoms with Crippen LogP contribution >= 0.6 is 0 Å². The van der Waals surface area contributed by atoms with Gasteiger partial charge in [0.1, 0.15) is 5.75 Å². The number of amides is 2. The highest BCUT2D eigenvalue weighted by atomic mass is 19.3. The summed E-state index contributed by atoms with van der Waals surface area (Å²) >= 11 is 0. The Morgan fingerprint density at radius 3 is 2.79 bits per heavy atom. The maximum absolute atomic E-state index is 13.0. The summed E-state index contributed by atoms with van der Waals surface area (Å²) in [6.45, 7) is 0.596. The number of nitrogens with zero attached hydrogens (tertiary/aromatic N) is 3. The van der Waals surface area contributed by atoms with Crippen molar-refractivity contribution in [2.24, 2.45) is 0 Å². The minimum Gasteiger partial charge on any atom is -0.508 e. The predicted octanol–water partition coefficient (Wildman–Crippen LogP) is 2.09. The van der Waals surface area contributed by atoms with E-state index in [1.165, 1.54) is 12.1 Å². The fourth-order valence-corrected chi connectivity index (χ4v) is 3.78. The molecular formula is C19H20F2N4O3. The smallest absolute Gasteiger partial charge is 0.254 e. The summed E-state index contributed by atoms with van der Waals surface area (Å²) in [5.41, 5.74) is 1.14. The number of aromatic hydroxyl groups is 1. The van der Waals surface area contributed by atoms with Gasteiger partial charge in [0.2, 0.25) is 5.91 Å². The first-order valence-corrected chi connectivity index (χ1v) is 9.09. The van der Waals surface area contributed by atoms with E-state index in [-0.39, 0.29) is 49.4 Å². The Balaban J connectivity index is 1.45. The van der Waals surface area contributed by atoms with E-state index in [1.807, 2.05) is 0 Å². The second-order valence-corrected chi connectivity index (χ2v) is 7.39. The van der Waals surface area contributed by atoms with Crippen molar-refractivity contribution in [2.45, 2.75) is 43.8 Å². The van der Waals surface area contributed by atoms with Gasteiger partial charge in [-0.25, -0.2) is 8.78 Å². The zero-order chi connectivity index (χ0) is 19.9. The average molecular weight is 390 g/mol. The van der Waals surface area contributed by atoms with Crippen molar-refractivity contribution in [1.29, 1.82) is 0 Å². The summed E-state index contributed by atoms with van der Waals surface area (Å²) in [6, 6.07) is 6.97. The third kappa shape index (κ3) is 3.69. The molecule has 1 atom stereocenters. The fraction of sp³-hybridized carbons (Fsp3) is 0.421. The van der Waals surface area contributed by atoms with Gasteiger partial charge in [0, 0.05) is 37.2 Å². The lowest BCUT2D eigenvalue weighted by atomic mass is 9.88. The van der Waals surface area contributed by atoms with Crippen LogP contribution in [0.3, 0.4) is 0 Å². The molecule has 2 aliphatic rings. The van der Waals surface area contributed by atoms with Gasteiger partial charge in [0.15, 0.2) is 0 Å². The van der Waals surface area contributed by atoms with Crippen LogP contribution in [0.5, 0.6) is 5.75 Å². The number of aromatic nitrogens is 2. The summed E-state index contributed by atoms with van der Waals surface area (Å²) < 4.78 is 27.6. The molecule has 4 rings (SSSR count). The monoisotopic (exact) mass is 390 g/mol. The standard InChI is InChI=1S/C19H20F2N4O3/c20-19(21)8-13(9-19)23-17(27)7-15-11-24(10-14-4-5-22-25(14)15)18(28)12-2-1-3-16(26)6-12/h1-6,13,15,26H,7-11H2,(H,23,27)/t15-/m0/s1. The Morgan fingerprint density at radius 1 is 1.29 bits per heavy atom. The first kappa shape index (κ1) is 18.4. The second kappa shape index (κ2) is 6.88. The Bertz CT molecular complexity index is 906. The van der Waals surface area contributed by atoms with E-state index >= 15 is 0 Å². The molecule has 9 heteroatoms. The van der Waals surface area contributed by atoms with E-state index in [0.29, 0.717) is 12.1 Å². The molecule has 0 spiro atoms. The van der Waals surface area contributed by atoms with Gasteiger partial charge in [0.05, 0.1) is 24.7 Å². The summed E-state index contributed by atoms with van der Waals surface area (Å²) in [5, 5.41) is 16.5. The molecule has 0 unspecified atom stereocenters. The maximum Gasteiger partial charge on any atom is 0.254 e. The number of nitrogens with one attached hydrogen (secondary N) is 1. The summed E-state index contributed by atoms with van der Waals surface area (Å²) in [6.07, 6.45) is 0.979. The molecule has 1 aromatic heterocycles. The number of phenolic OH excluding ortho intramolecular Hbond substituents is 1. The molecule has 28 heavy (non-hydrogen) atoms. The molecule has 0 bridgehead atoms. The molecule has 1 aliphatic carbocycles. The van der Waals surface area contributed by atoms with Crippen molar-refractivity contribution in [1.82, 2.24) is 20.0 Å². The van der Waals surface area contributed by atoms with Crippen LogP contribution in [0.2, 0.25) is 0 Å². The Morgan fingerprint density at radius 2 is 2.07 bits per heavy atom. The Hall–Kier alpha value is -2.97. The fourth-order valence-electron chi connectivity index (χ4n) is 3.78. The van der Waals surface area contributed by atoms with Crippen molar-refractivity contribution in [3.05, 3.63) is 47.8 Å². The lowest BCUT2D eigenvalue weighted by Crippen LogP contribution is -2.51. The van der Waals surface area contributed by atoms with E-state index in [1.54, 1.807) is 34.0 Å². The van der Waals surface area contributed by atoms with Crippen molar-refractivity contribution in [3.8, 4) is 5.75 Å². The minimum absolute atomic E-state index is 0.00105. The first-order valence-electron chi connectivity index (χ1n) is 9.09. The Labute approximate surface area is 159 Å². The average Bonchev–Trinajstić information content (AvgIpc) is 3.08. The van der Waals surface area contributed by atoms with Gasteiger partial charge in [-0.2, -0.15) is 5.10 Å². The van der Waals surface area contributed by atoms with Crippen LogP contribution in [0.25, 0.3) is 0 Å². The SMILES string of the molecule is O=C(C[C@H]1CN(C(=O)c2cccc(O)c2)Cc2ccnn21)NC1CC(F)(F)C1. The summed E-state index contributed by atoms with van der Waals surface area (Å²) in [5.74, 6) is -3.28. The number of carbonyl (C=O) groups is 2. The van der Waals surface area contributed by atoms with E-state index in [9.17, 15) is 23.5 Å². The predicted molar refractivity (Wildman–Crippen MR) is 94.8 cm³/mol. The number of benzene rings is 1. The van der Waals surface area contributed by atoms with Gasteiger partial charge >= 0.3 is 0 Å². The van der Waals surface area contributed by atoms with Crippen LogP contribution in [0.1, 0.15) is 41.4 Å². The van der Waals surface area contributed by atoms with Crippen LogP contribution in [0.15, 0.2) is 36.5 Å². The topological polar surface area (TPSA) is 87.5 Å². The molecule has 7 nitrogen and oxygen atoms in total. The molecule has 1 fully saturated rings. The van der Waals surface area contributed by atoms with Crippen LogP contribution in [0, 0.1) is 0 Å². The van der Waals surface area contributed by atoms with Crippen LogP contribution < -0.4 is 5.32 Å². The molecular weight excluding hydrogens is 370 g/mol. The first-order chi connectivity index (χ1) is 13.3. The van der Waals surface area contributed by atoms with Crippen LogP contribution in [0.4, 0.5) is 8.78 Å². The lowest BCUT2D eigenvalue weighted by Gasteiger charge is -2.37. The van der Waals surface area contributed by atoms with Gasteiger partial charge < -0.3 is 15.3 Å². The number of phenols is 1. The lowest BCUT2D eigenvalue weighted by molar-refractivity contribution is -0.130. The van der Waals surface area contributed by atoms with Crippen LogP contribution in [-0.4, -0.2) is 50.1 Å². The van der Waals surface area contributed by atoms with Crippen molar-refractivity contribution in [3.63, 3.8) is 0 Å². The molecule has 1 aliphatic heterocycles. The quantitative estimate of drug-likeness (QED) is 0.837. The highest BCUT2D eigenvalue weighted by Crippen LogP contribution is 2.37. The normalized spacial score (nSPS) is 20.9. The highest BCUT2D eigenvalue weighted by Gasteiger charge is 2.46. The number of carbonyl (C=O) groups excluding carboxylic acids is 2. The van der Waals surface area contributed by atoms with E-state index in [4.69, 9.17) is 0 Å².